The number of fused-ring (bicyclic) bond motifs is 1. The maximum atomic E-state index is 12.2. The van der Waals surface area contributed by atoms with E-state index in [2.05, 4.69) is 10.3 Å². The van der Waals surface area contributed by atoms with Gasteiger partial charge in [0, 0.05) is 23.8 Å². The molecule has 104 valence electrons. The SMILES string of the molecule is O=C1NCc2c(B3OCCO3)cnc(-c3ccccc3)c21. The van der Waals surface area contributed by atoms with Crippen LogP contribution in [0, 0.1) is 0 Å². The third-order valence-electron chi connectivity index (χ3n) is 3.80. The van der Waals surface area contributed by atoms with Crippen LogP contribution >= 0.6 is 0 Å². The molecule has 4 rings (SSSR count). The third kappa shape index (κ3) is 2.04. The Morgan fingerprint density at radius 1 is 1.14 bits per heavy atom. The van der Waals surface area contributed by atoms with E-state index < -0.39 is 7.12 Å². The van der Waals surface area contributed by atoms with Crippen LogP contribution in [0.15, 0.2) is 36.5 Å². The van der Waals surface area contributed by atoms with Crippen LogP contribution in [0.3, 0.4) is 0 Å². The van der Waals surface area contributed by atoms with E-state index in [-0.39, 0.29) is 5.91 Å². The lowest BCUT2D eigenvalue weighted by atomic mass is 9.76. The molecule has 2 aromatic rings. The first-order valence-electron chi connectivity index (χ1n) is 6.93. The van der Waals surface area contributed by atoms with Crippen LogP contribution in [-0.2, 0) is 15.9 Å². The maximum absolute atomic E-state index is 12.2. The number of nitrogens with one attached hydrogen (secondary N) is 1. The van der Waals surface area contributed by atoms with Crippen molar-refractivity contribution >= 4 is 18.5 Å². The number of pyridine rings is 1. The van der Waals surface area contributed by atoms with Gasteiger partial charge in [-0.15, -0.1) is 0 Å². The van der Waals surface area contributed by atoms with E-state index in [1.165, 1.54) is 0 Å². The number of carbonyl (C=O) groups excluding carboxylic acids is 1. The Morgan fingerprint density at radius 3 is 2.67 bits per heavy atom. The largest absolute Gasteiger partial charge is 0.495 e. The summed E-state index contributed by atoms with van der Waals surface area (Å²) in [4.78, 5) is 16.7. The Hall–Kier alpha value is -2.18. The summed E-state index contributed by atoms with van der Waals surface area (Å²) in [6, 6.07) is 9.73. The van der Waals surface area contributed by atoms with Gasteiger partial charge in [0.25, 0.3) is 5.91 Å². The molecule has 3 heterocycles. The Labute approximate surface area is 122 Å². The quantitative estimate of drug-likeness (QED) is 0.824. The summed E-state index contributed by atoms with van der Waals surface area (Å²) >= 11 is 0. The lowest BCUT2D eigenvalue weighted by Crippen LogP contribution is -2.35. The number of rotatable bonds is 2. The predicted molar refractivity (Wildman–Crippen MR) is 78.1 cm³/mol. The van der Waals surface area contributed by atoms with E-state index in [0.717, 1.165) is 16.6 Å². The van der Waals surface area contributed by atoms with Gasteiger partial charge in [0.1, 0.15) is 0 Å². The van der Waals surface area contributed by atoms with Crippen molar-refractivity contribution in [3.63, 3.8) is 0 Å². The number of hydrogen-bond donors (Lipinski definition) is 1. The minimum Gasteiger partial charge on any atom is -0.405 e. The van der Waals surface area contributed by atoms with Crippen molar-refractivity contribution in [2.75, 3.05) is 13.2 Å². The van der Waals surface area contributed by atoms with Gasteiger partial charge in [0.05, 0.1) is 24.5 Å². The van der Waals surface area contributed by atoms with Crippen LogP contribution < -0.4 is 10.8 Å². The molecule has 1 fully saturated rings. The van der Waals surface area contributed by atoms with Gasteiger partial charge in [-0.05, 0) is 5.56 Å². The summed E-state index contributed by atoms with van der Waals surface area (Å²) < 4.78 is 11.1. The molecule has 2 aliphatic rings. The van der Waals surface area contributed by atoms with Crippen molar-refractivity contribution in [3.8, 4) is 11.3 Å². The number of nitrogens with zero attached hydrogens (tertiary/aromatic N) is 1. The van der Waals surface area contributed by atoms with Gasteiger partial charge >= 0.3 is 7.12 Å². The molecular formula is C15H13BN2O3. The number of aromatic nitrogens is 1. The first kappa shape index (κ1) is 12.6. The fourth-order valence-electron chi connectivity index (χ4n) is 2.81. The molecule has 2 aliphatic heterocycles. The van der Waals surface area contributed by atoms with Gasteiger partial charge in [0.2, 0.25) is 0 Å². The molecule has 0 unspecified atom stereocenters. The minimum atomic E-state index is -0.413. The van der Waals surface area contributed by atoms with Crippen LogP contribution in [0.2, 0.25) is 0 Å². The summed E-state index contributed by atoms with van der Waals surface area (Å²) in [5.74, 6) is -0.0869. The molecule has 0 spiro atoms. The Kier molecular flexibility index (Phi) is 2.98. The van der Waals surface area contributed by atoms with E-state index in [1.807, 2.05) is 30.3 Å². The molecule has 1 N–H and O–H groups in total. The molecule has 6 heteroatoms. The summed E-state index contributed by atoms with van der Waals surface area (Å²) in [6.45, 7) is 1.64. The average Bonchev–Trinajstić information content (AvgIpc) is 3.18. The van der Waals surface area contributed by atoms with Crippen molar-refractivity contribution in [3.05, 3.63) is 47.7 Å². The molecule has 21 heavy (non-hydrogen) atoms. The van der Waals surface area contributed by atoms with Gasteiger partial charge in [-0.25, -0.2) is 0 Å². The van der Waals surface area contributed by atoms with E-state index in [1.54, 1.807) is 6.20 Å². The normalized spacial score (nSPS) is 17.0. The second-order valence-electron chi connectivity index (χ2n) is 5.04. The van der Waals surface area contributed by atoms with Crippen LogP contribution in [0.5, 0.6) is 0 Å². The zero-order valence-electron chi connectivity index (χ0n) is 11.3. The summed E-state index contributed by atoms with van der Waals surface area (Å²) in [7, 11) is -0.413. The second kappa shape index (κ2) is 4.98. The van der Waals surface area contributed by atoms with E-state index in [4.69, 9.17) is 9.31 Å². The van der Waals surface area contributed by atoms with E-state index in [0.29, 0.717) is 31.0 Å². The highest BCUT2D eigenvalue weighted by Crippen LogP contribution is 2.26. The average molecular weight is 280 g/mol. The lowest BCUT2D eigenvalue weighted by molar-refractivity contribution is 0.0966. The third-order valence-corrected chi connectivity index (χ3v) is 3.80. The van der Waals surface area contributed by atoms with Gasteiger partial charge in [0.15, 0.2) is 0 Å². The molecule has 0 saturated carbocycles. The Morgan fingerprint density at radius 2 is 1.90 bits per heavy atom. The molecule has 1 amide bonds. The highest BCUT2D eigenvalue weighted by atomic mass is 16.6. The first-order chi connectivity index (χ1) is 10.3. The van der Waals surface area contributed by atoms with Gasteiger partial charge in [-0.2, -0.15) is 0 Å². The highest BCUT2D eigenvalue weighted by molar-refractivity contribution is 6.62. The summed E-state index contributed by atoms with van der Waals surface area (Å²) in [5, 5.41) is 2.87. The molecule has 5 nitrogen and oxygen atoms in total. The van der Waals surface area contributed by atoms with Crippen LogP contribution in [0.25, 0.3) is 11.3 Å². The number of carbonyl (C=O) groups is 1. The highest BCUT2D eigenvalue weighted by Gasteiger charge is 2.35. The molecular weight excluding hydrogens is 267 g/mol. The fourth-order valence-corrected chi connectivity index (χ4v) is 2.81. The van der Waals surface area contributed by atoms with E-state index >= 15 is 0 Å². The topological polar surface area (TPSA) is 60.5 Å². The summed E-state index contributed by atoms with van der Waals surface area (Å²) in [5.41, 5.74) is 4.06. The smallest absolute Gasteiger partial charge is 0.405 e. The standard InChI is InChI=1S/C15H13BN2O3/c19-15-13-11(8-18-15)12(16-20-6-7-21-16)9-17-14(13)10-4-2-1-3-5-10/h1-5,9H,6-8H2,(H,18,19). The van der Waals surface area contributed by atoms with Crippen LogP contribution in [0.1, 0.15) is 15.9 Å². The van der Waals surface area contributed by atoms with Crippen molar-refractivity contribution in [1.29, 1.82) is 0 Å². The summed E-state index contributed by atoms with van der Waals surface area (Å²) in [6.07, 6.45) is 1.76. The van der Waals surface area contributed by atoms with Crippen molar-refractivity contribution < 1.29 is 14.1 Å². The Balaban J connectivity index is 1.87. The van der Waals surface area contributed by atoms with Gasteiger partial charge < -0.3 is 14.6 Å². The van der Waals surface area contributed by atoms with Gasteiger partial charge in [-0.3, -0.25) is 9.78 Å². The lowest BCUT2D eigenvalue weighted by Gasteiger charge is -2.11. The molecule has 0 aliphatic carbocycles. The van der Waals surface area contributed by atoms with Crippen molar-refractivity contribution in [1.82, 2.24) is 10.3 Å². The second-order valence-corrected chi connectivity index (χ2v) is 5.04. The zero-order valence-corrected chi connectivity index (χ0v) is 11.3. The molecule has 0 radical (unpaired) electrons. The molecule has 1 aromatic heterocycles. The molecule has 1 aromatic carbocycles. The molecule has 0 bridgehead atoms. The van der Waals surface area contributed by atoms with Crippen LogP contribution in [0.4, 0.5) is 0 Å². The number of hydrogen-bond acceptors (Lipinski definition) is 4. The van der Waals surface area contributed by atoms with Crippen LogP contribution in [-0.4, -0.2) is 31.2 Å². The molecule has 1 saturated heterocycles. The first-order valence-corrected chi connectivity index (χ1v) is 6.93. The van der Waals surface area contributed by atoms with Gasteiger partial charge in [-0.1, -0.05) is 30.3 Å². The predicted octanol–water partition coefficient (Wildman–Crippen LogP) is 0.734. The monoisotopic (exact) mass is 280 g/mol. The van der Waals surface area contributed by atoms with E-state index in [9.17, 15) is 4.79 Å². The minimum absolute atomic E-state index is 0.0869. The van der Waals surface area contributed by atoms with Crippen molar-refractivity contribution in [2.24, 2.45) is 0 Å². The van der Waals surface area contributed by atoms with Crippen molar-refractivity contribution in [2.45, 2.75) is 6.54 Å². The zero-order chi connectivity index (χ0) is 14.2. The Bertz CT molecular complexity index is 700. The fraction of sp³-hybridized carbons (Fsp3) is 0.200. The maximum Gasteiger partial charge on any atom is 0.495 e. The number of amides is 1. The molecule has 0 atom stereocenters. The number of benzene rings is 1.